The van der Waals surface area contributed by atoms with Crippen molar-refractivity contribution in [2.24, 2.45) is 0 Å². The number of rotatable bonds is 6. The van der Waals surface area contributed by atoms with Crippen LogP contribution in [0.2, 0.25) is 10.0 Å². The van der Waals surface area contributed by atoms with E-state index in [1.165, 1.54) is 12.1 Å². The van der Waals surface area contributed by atoms with Crippen LogP contribution >= 0.6 is 34.8 Å². The lowest BCUT2D eigenvalue weighted by Crippen LogP contribution is -2.10. The standard InChI is InChI=1S/C12H9Cl3O4/c1-6(4-13)12(18)7-2-3-8(11(15)10(7)14)19-5-9(16)17/h2-3H,1,4-5H2,(H,16,17). The van der Waals surface area contributed by atoms with Gasteiger partial charge in [-0.3, -0.25) is 4.79 Å². The van der Waals surface area contributed by atoms with Gasteiger partial charge in [-0.25, -0.2) is 4.79 Å². The molecule has 1 aromatic carbocycles. The fraction of sp³-hybridized carbons (Fsp3) is 0.167. The number of ketones is 1. The van der Waals surface area contributed by atoms with Gasteiger partial charge >= 0.3 is 5.97 Å². The third-order valence-electron chi connectivity index (χ3n) is 2.13. The number of carbonyl (C=O) groups is 2. The van der Waals surface area contributed by atoms with E-state index in [1.54, 1.807) is 0 Å². The number of aliphatic carboxylic acids is 1. The average Bonchev–Trinajstić information content (AvgIpc) is 2.38. The Morgan fingerprint density at radius 1 is 1.26 bits per heavy atom. The molecule has 7 heteroatoms. The first-order valence-corrected chi connectivity index (χ1v) is 6.28. The highest BCUT2D eigenvalue weighted by Crippen LogP contribution is 2.35. The molecule has 0 radical (unpaired) electrons. The van der Waals surface area contributed by atoms with Gasteiger partial charge in [0.05, 0.1) is 10.9 Å². The van der Waals surface area contributed by atoms with Crippen LogP contribution in [-0.4, -0.2) is 29.3 Å². The highest BCUT2D eigenvalue weighted by atomic mass is 35.5. The Kier molecular flexibility index (Phi) is 5.66. The second kappa shape index (κ2) is 6.80. The summed E-state index contributed by atoms with van der Waals surface area (Å²) in [6.45, 7) is 2.95. The normalized spacial score (nSPS) is 10.1. The first-order valence-electron chi connectivity index (χ1n) is 4.99. The maximum atomic E-state index is 11.9. The van der Waals surface area contributed by atoms with Crippen LogP contribution in [0.25, 0.3) is 0 Å². The van der Waals surface area contributed by atoms with Crippen LogP contribution in [-0.2, 0) is 4.79 Å². The third-order valence-corrected chi connectivity index (χ3v) is 3.31. The third kappa shape index (κ3) is 3.86. The lowest BCUT2D eigenvalue weighted by atomic mass is 10.1. The average molecular weight is 324 g/mol. The minimum atomic E-state index is -1.15. The molecule has 0 saturated heterocycles. The first-order chi connectivity index (χ1) is 8.88. The quantitative estimate of drug-likeness (QED) is 0.495. The molecule has 0 bridgehead atoms. The molecule has 0 saturated carbocycles. The van der Waals surface area contributed by atoms with Crippen molar-refractivity contribution in [2.75, 3.05) is 12.5 Å². The van der Waals surface area contributed by atoms with Crippen molar-refractivity contribution in [3.63, 3.8) is 0 Å². The number of alkyl halides is 1. The molecule has 0 fully saturated rings. The van der Waals surface area contributed by atoms with Gasteiger partial charge in [-0.2, -0.15) is 0 Å². The van der Waals surface area contributed by atoms with Crippen LogP contribution in [0, 0.1) is 0 Å². The van der Waals surface area contributed by atoms with E-state index in [1.807, 2.05) is 0 Å². The molecule has 0 aromatic heterocycles. The molecule has 0 amide bonds. The number of hydrogen-bond acceptors (Lipinski definition) is 3. The van der Waals surface area contributed by atoms with E-state index >= 15 is 0 Å². The van der Waals surface area contributed by atoms with Gasteiger partial charge < -0.3 is 9.84 Å². The number of benzene rings is 1. The van der Waals surface area contributed by atoms with Crippen LogP contribution < -0.4 is 4.74 Å². The van der Waals surface area contributed by atoms with E-state index in [4.69, 9.17) is 44.6 Å². The van der Waals surface area contributed by atoms with Crippen molar-refractivity contribution < 1.29 is 19.4 Å². The Morgan fingerprint density at radius 3 is 2.42 bits per heavy atom. The van der Waals surface area contributed by atoms with Crippen LogP contribution in [0.15, 0.2) is 24.3 Å². The van der Waals surface area contributed by atoms with E-state index < -0.39 is 18.4 Å². The number of ether oxygens (including phenoxy) is 1. The molecule has 0 heterocycles. The van der Waals surface area contributed by atoms with Gasteiger partial charge in [0.1, 0.15) is 10.8 Å². The van der Waals surface area contributed by atoms with Crippen molar-refractivity contribution >= 4 is 46.6 Å². The molecule has 1 aromatic rings. The second-order valence-electron chi connectivity index (χ2n) is 3.49. The Hall–Kier alpha value is -1.23. The number of carbonyl (C=O) groups excluding carboxylic acids is 1. The molecule has 0 aliphatic rings. The van der Waals surface area contributed by atoms with Gasteiger partial charge in [0.15, 0.2) is 12.4 Å². The summed E-state index contributed by atoms with van der Waals surface area (Å²) in [4.78, 5) is 22.3. The molecule has 102 valence electrons. The zero-order valence-corrected chi connectivity index (χ0v) is 11.8. The van der Waals surface area contributed by atoms with E-state index in [0.717, 1.165) is 0 Å². The Morgan fingerprint density at radius 2 is 1.89 bits per heavy atom. The lowest BCUT2D eigenvalue weighted by Gasteiger charge is -2.10. The van der Waals surface area contributed by atoms with Gasteiger partial charge in [0.2, 0.25) is 0 Å². The largest absolute Gasteiger partial charge is 0.480 e. The van der Waals surface area contributed by atoms with Crippen LogP contribution in [0.4, 0.5) is 0 Å². The van der Waals surface area contributed by atoms with E-state index in [9.17, 15) is 9.59 Å². The van der Waals surface area contributed by atoms with Gasteiger partial charge in [0, 0.05) is 11.1 Å². The van der Waals surface area contributed by atoms with Crippen molar-refractivity contribution in [3.05, 3.63) is 39.9 Å². The predicted octanol–water partition coefficient (Wildman–Crippen LogP) is 3.43. The van der Waals surface area contributed by atoms with E-state index in [2.05, 4.69) is 6.58 Å². The zero-order valence-electron chi connectivity index (χ0n) is 9.58. The van der Waals surface area contributed by atoms with Gasteiger partial charge in [-0.05, 0) is 12.1 Å². The number of carboxylic acid groups (broad SMARTS) is 1. The number of hydrogen-bond donors (Lipinski definition) is 1. The molecular formula is C12H9Cl3O4. The molecule has 0 aliphatic heterocycles. The second-order valence-corrected chi connectivity index (χ2v) is 4.51. The Balaban J connectivity index is 3.07. The summed E-state index contributed by atoms with van der Waals surface area (Å²) < 4.78 is 4.92. The fourth-order valence-electron chi connectivity index (χ4n) is 1.21. The summed E-state index contributed by atoms with van der Waals surface area (Å²) in [5, 5.41) is 8.44. The Labute approximate surface area is 124 Å². The smallest absolute Gasteiger partial charge is 0.341 e. The summed E-state index contributed by atoms with van der Waals surface area (Å²) in [5.41, 5.74) is 0.318. The number of halogens is 3. The maximum absolute atomic E-state index is 11.9. The van der Waals surface area contributed by atoms with E-state index in [0.29, 0.717) is 0 Å². The number of Topliss-reactive ketones (excluding diaryl/α,β-unsaturated/α-hetero) is 1. The first kappa shape index (κ1) is 15.8. The molecule has 19 heavy (non-hydrogen) atoms. The molecule has 0 atom stereocenters. The molecule has 1 N–H and O–H groups in total. The molecule has 0 spiro atoms. The molecular weight excluding hydrogens is 314 g/mol. The molecule has 1 rings (SSSR count). The zero-order chi connectivity index (χ0) is 14.6. The summed E-state index contributed by atoms with van der Waals surface area (Å²) in [6, 6.07) is 2.75. The number of carboxylic acids is 1. The maximum Gasteiger partial charge on any atom is 0.341 e. The number of allylic oxidation sites excluding steroid dienone is 1. The van der Waals surface area contributed by atoms with Gasteiger partial charge in [0.25, 0.3) is 0 Å². The minimum Gasteiger partial charge on any atom is -0.480 e. The van der Waals surface area contributed by atoms with Crippen molar-refractivity contribution in [1.82, 2.24) is 0 Å². The summed E-state index contributed by atoms with van der Waals surface area (Å²) >= 11 is 17.4. The van der Waals surface area contributed by atoms with Crippen molar-refractivity contribution in [1.29, 1.82) is 0 Å². The van der Waals surface area contributed by atoms with Crippen molar-refractivity contribution in [3.8, 4) is 5.75 Å². The van der Waals surface area contributed by atoms with Crippen LogP contribution in [0.1, 0.15) is 10.4 Å². The summed E-state index contributed by atoms with van der Waals surface area (Å²) in [6.07, 6.45) is 0. The SMILES string of the molecule is C=C(CCl)C(=O)c1ccc(OCC(=O)O)c(Cl)c1Cl. The monoisotopic (exact) mass is 322 g/mol. The lowest BCUT2D eigenvalue weighted by molar-refractivity contribution is -0.139. The Bertz CT molecular complexity index is 540. The molecule has 4 nitrogen and oxygen atoms in total. The summed E-state index contributed by atoms with van der Waals surface area (Å²) in [5.74, 6) is -1.51. The minimum absolute atomic E-state index is 0.0238. The van der Waals surface area contributed by atoms with Crippen LogP contribution in [0.5, 0.6) is 5.75 Å². The molecule has 0 aliphatic carbocycles. The predicted molar refractivity (Wildman–Crippen MR) is 73.8 cm³/mol. The highest BCUT2D eigenvalue weighted by molar-refractivity contribution is 6.45. The topological polar surface area (TPSA) is 63.6 Å². The molecule has 0 unspecified atom stereocenters. The fourth-order valence-corrected chi connectivity index (χ4v) is 1.79. The van der Waals surface area contributed by atoms with Crippen molar-refractivity contribution in [2.45, 2.75) is 0 Å². The summed E-state index contributed by atoms with van der Waals surface area (Å²) in [7, 11) is 0. The van der Waals surface area contributed by atoms with Crippen LogP contribution in [0.3, 0.4) is 0 Å². The van der Waals surface area contributed by atoms with E-state index in [-0.39, 0.29) is 32.8 Å². The van der Waals surface area contributed by atoms with Gasteiger partial charge in [-0.15, -0.1) is 11.6 Å². The highest BCUT2D eigenvalue weighted by Gasteiger charge is 2.18. The van der Waals surface area contributed by atoms with Gasteiger partial charge in [-0.1, -0.05) is 29.8 Å².